The van der Waals surface area contributed by atoms with Gasteiger partial charge in [-0.25, -0.2) is 0 Å². The van der Waals surface area contributed by atoms with Crippen molar-refractivity contribution in [3.05, 3.63) is 34.9 Å². The van der Waals surface area contributed by atoms with Crippen molar-refractivity contribution in [1.82, 2.24) is 10.2 Å². The summed E-state index contributed by atoms with van der Waals surface area (Å²) in [6, 6.07) is 8.08. The summed E-state index contributed by atoms with van der Waals surface area (Å²) in [5.74, 6) is 0.928. The lowest BCUT2D eigenvalue weighted by atomic mass is 10.1. The van der Waals surface area contributed by atoms with E-state index >= 15 is 0 Å². The molecule has 3 rings (SSSR count). The highest BCUT2D eigenvalue weighted by atomic mass is 127. The second-order valence-electron chi connectivity index (χ2n) is 6.61. The Hall–Kier alpha value is -0.220. The van der Waals surface area contributed by atoms with Gasteiger partial charge in [0.2, 0.25) is 0 Å². The third kappa shape index (κ3) is 6.39. The molecule has 27 heavy (non-hydrogen) atoms. The van der Waals surface area contributed by atoms with Crippen molar-refractivity contribution in [1.29, 1.82) is 0 Å². The van der Waals surface area contributed by atoms with Gasteiger partial charge in [-0.1, -0.05) is 23.7 Å². The summed E-state index contributed by atoms with van der Waals surface area (Å²) in [6.45, 7) is 4.05. The maximum absolute atomic E-state index is 6.15. The minimum absolute atomic E-state index is 0. The SMILES string of the molecule is CN=C(NCC(SC)c1cccc(Cl)c1)N1CCOC(C2CCCO2)C1.I. The third-order valence-electron chi connectivity index (χ3n) is 4.93. The van der Waals surface area contributed by atoms with Crippen molar-refractivity contribution in [2.45, 2.75) is 30.3 Å². The van der Waals surface area contributed by atoms with E-state index in [-0.39, 0.29) is 36.2 Å². The molecule has 2 fully saturated rings. The molecule has 2 aliphatic rings. The maximum Gasteiger partial charge on any atom is 0.193 e. The van der Waals surface area contributed by atoms with Gasteiger partial charge in [-0.15, -0.1) is 24.0 Å². The Kier molecular flexibility index (Phi) is 10.00. The van der Waals surface area contributed by atoms with Crippen molar-refractivity contribution in [2.24, 2.45) is 4.99 Å². The van der Waals surface area contributed by atoms with Crippen LogP contribution in [-0.4, -0.2) is 69.2 Å². The first kappa shape index (κ1) is 23.1. The summed E-state index contributed by atoms with van der Waals surface area (Å²) < 4.78 is 11.8. The monoisotopic (exact) mass is 525 g/mol. The lowest BCUT2D eigenvalue weighted by Gasteiger charge is -2.37. The van der Waals surface area contributed by atoms with Crippen LogP contribution in [0, 0.1) is 0 Å². The van der Waals surface area contributed by atoms with Crippen LogP contribution >= 0.6 is 47.3 Å². The summed E-state index contributed by atoms with van der Waals surface area (Å²) in [6.07, 6.45) is 4.70. The van der Waals surface area contributed by atoms with E-state index in [2.05, 4.69) is 27.5 Å². The number of nitrogens with one attached hydrogen (secondary N) is 1. The van der Waals surface area contributed by atoms with Crippen LogP contribution in [-0.2, 0) is 9.47 Å². The summed E-state index contributed by atoms with van der Waals surface area (Å²) in [7, 11) is 1.84. The average molecular weight is 526 g/mol. The van der Waals surface area contributed by atoms with Gasteiger partial charge in [0.25, 0.3) is 0 Å². The minimum atomic E-state index is 0. The number of rotatable bonds is 5. The standard InChI is InChI=1S/C19H28ClN3O2S.HI/c1-21-19(22-12-18(26-2)14-5-3-6-15(20)11-14)23-8-10-25-17(13-23)16-7-4-9-24-16;/h3,5-6,11,16-18H,4,7-10,12-13H2,1-2H3,(H,21,22);1H. The van der Waals surface area contributed by atoms with E-state index in [4.69, 9.17) is 21.1 Å². The fourth-order valence-corrected chi connectivity index (χ4v) is 4.42. The van der Waals surface area contributed by atoms with Gasteiger partial charge in [-0.05, 0) is 36.8 Å². The highest BCUT2D eigenvalue weighted by Gasteiger charge is 2.32. The number of nitrogens with zero attached hydrogens (tertiary/aromatic N) is 2. The summed E-state index contributed by atoms with van der Waals surface area (Å²) >= 11 is 7.96. The number of hydrogen-bond acceptors (Lipinski definition) is 4. The zero-order valence-corrected chi connectivity index (χ0v) is 19.8. The van der Waals surface area contributed by atoms with Gasteiger partial charge in [0.15, 0.2) is 5.96 Å². The van der Waals surface area contributed by atoms with Crippen LogP contribution in [0.4, 0.5) is 0 Å². The molecule has 0 aliphatic carbocycles. The van der Waals surface area contributed by atoms with Crippen molar-refractivity contribution in [3.63, 3.8) is 0 Å². The fraction of sp³-hybridized carbons (Fsp3) is 0.632. The van der Waals surface area contributed by atoms with E-state index in [0.29, 0.717) is 11.9 Å². The molecule has 2 heterocycles. The molecule has 2 aliphatic heterocycles. The number of benzene rings is 1. The van der Waals surface area contributed by atoms with Gasteiger partial charge in [0.05, 0.1) is 12.7 Å². The molecule has 0 saturated carbocycles. The number of morpholine rings is 1. The van der Waals surface area contributed by atoms with Gasteiger partial charge in [-0.3, -0.25) is 4.99 Å². The molecule has 3 atom stereocenters. The number of guanidine groups is 1. The zero-order chi connectivity index (χ0) is 18.4. The normalized spacial score (nSPS) is 24.4. The van der Waals surface area contributed by atoms with Crippen LogP contribution < -0.4 is 5.32 Å². The van der Waals surface area contributed by atoms with Crippen LogP contribution in [0.3, 0.4) is 0 Å². The van der Waals surface area contributed by atoms with Crippen molar-refractivity contribution >= 4 is 53.3 Å². The van der Waals surface area contributed by atoms with Gasteiger partial charge < -0.3 is 19.7 Å². The van der Waals surface area contributed by atoms with E-state index in [0.717, 1.165) is 50.1 Å². The summed E-state index contributed by atoms with van der Waals surface area (Å²) in [5, 5.41) is 4.63. The highest BCUT2D eigenvalue weighted by molar-refractivity contribution is 14.0. The van der Waals surface area contributed by atoms with E-state index in [1.54, 1.807) is 0 Å². The predicted octanol–water partition coefficient (Wildman–Crippen LogP) is 3.82. The fourth-order valence-electron chi connectivity index (χ4n) is 3.55. The minimum Gasteiger partial charge on any atom is -0.375 e. The second kappa shape index (κ2) is 11.7. The van der Waals surface area contributed by atoms with E-state index < -0.39 is 0 Å². The topological polar surface area (TPSA) is 46.1 Å². The molecule has 1 N–H and O–H groups in total. The number of hydrogen-bond donors (Lipinski definition) is 1. The molecule has 0 bridgehead atoms. The van der Waals surface area contributed by atoms with Crippen molar-refractivity contribution in [3.8, 4) is 0 Å². The van der Waals surface area contributed by atoms with Crippen LogP contribution in [0.2, 0.25) is 5.02 Å². The molecular weight excluding hydrogens is 497 g/mol. The molecule has 152 valence electrons. The Bertz CT molecular complexity index is 616. The lowest BCUT2D eigenvalue weighted by Crippen LogP contribution is -2.53. The van der Waals surface area contributed by atoms with Crippen LogP contribution in [0.5, 0.6) is 0 Å². The Labute approximate surface area is 188 Å². The third-order valence-corrected chi connectivity index (χ3v) is 6.18. The molecular formula is C19H29ClIN3O2S. The second-order valence-corrected chi connectivity index (χ2v) is 8.09. The number of halogens is 2. The van der Waals surface area contributed by atoms with Crippen LogP contribution in [0.25, 0.3) is 0 Å². The maximum atomic E-state index is 6.15. The molecule has 2 saturated heterocycles. The lowest BCUT2D eigenvalue weighted by molar-refractivity contribution is -0.0816. The molecule has 8 heteroatoms. The van der Waals surface area contributed by atoms with Gasteiger partial charge >= 0.3 is 0 Å². The van der Waals surface area contributed by atoms with E-state index in [1.807, 2.05) is 37.0 Å². The number of aliphatic imine (C=N–C) groups is 1. The van der Waals surface area contributed by atoms with Crippen LogP contribution in [0.1, 0.15) is 23.7 Å². The number of ether oxygens (including phenoxy) is 2. The van der Waals surface area contributed by atoms with Gasteiger partial charge in [-0.2, -0.15) is 11.8 Å². The average Bonchev–Trinajstić information content (AvgIpc) is 3.20. The van der Waals surface area contributed by atoms with Gasteiger partial charge in [0.1, 0.15) is 6.10 Å². The zero-order valence-electron chi connectivity index (χ0n) is 15.9. The Morgan fingerprint density at radius 2 is 2.19 bits per heavy atom. The Balaban J connectivity index is 0.00000261. The summed E-state index contributed by atoms with van der Waals surface area (Å²) in [5.41, 5.74) is 1.23. The Morgan fingerprint density at radius 3 is 2.85 bits per heavy atom. The smallest absolute Gasteiger partial charge is 0.193 e. The Morgan fingerprint density at radius 1 is 1.37 bits per heavy atom. The predicted molar refractivity (Wildman–Crippen MR) is 125 cm³/mol. The molecule has 5 nitrogen and oxygen atoms in total. The summed E-state index contributed by atoms with van der Waals surface area (Å²) in [4.78, 5) is 6.77. The molecule has 0 spiro atoms. The first-order valence-corrected chi connectivity index (χ1v) is 10.8. The van der Waals surface area contributed by atoms with Crippen LogP contribution in [0.15, 0.2) is 29.3 Å². The molecule has 1 aromatic rings. The quantitative estimate of drug-likeness (QED) is 0.360. The van der Waals surface area contributed by atoms with Crippen molar-refractivity contribution in [2.75, 3.05) is 46.2 Å². The molecule has 1 aromatic carbocycles. The largest absolute Gasteiger partial charge is 0.375 e. The molecule has 3 unspecified atom stereocenters. The molecule has 0 amide bonds. The molecule has 0 aromatic heterocycles. The molecule has 0 radical (unpaired) electrons. The highest BCUT2D eigenvalue weighted by Crippen LogP contribution is 2.28. The van der Waals surface area contributed by atoms with E-state index in [1.165, 1.54) is 5.56 Å². The number of thioether (sulfide) groups is 1. The first-order valence-electron chi connectivity index (χ1n) is 9.18. The first-order chi connectivity index (χ1) is 12.7. The van der Waals surface area contributed by atoms with Crippen molar-refractivity contribution < 1.29 is 9.47 Å². The van der Waals surface area contributed by atoms with E-state index in [9.17, 15) is 0 Å². The van der Waals surface area contributed by atoms with Gasteiger partial charge in [0, 0.05) is 43.6 Å².